The van der Waals surface area contributed by atoms with Crippen LogP contribution in [0.1, 0.15) is 25.1 Å². The highest BCUT2D eigenvalue weighted by molar-refractivity contribution is 9.10. The van der Waals surface area contributed by atoms with E-state index in [0.717, 1.165) is 15.7 Å². The normalized spacial score (nSPS) is 10.6. The second-order valence-corrected chi connectivity index (χ2v) is 6.49. The minimum absolute atomic E-state index is 0.0275. The summed E-state index contributed by atoms with van der Waals surface area (Å²) in [4.78, 5) is 14.2. The number of rotatable bonds is 8. The molecule has 0 unspecified atom stereocenters. The number of amides is 1. The van der Waals surface area contributed by atoms with Gasteiger partial charge >= 0.3 is 0 Å². The van der Waals surface area contributed by atoms with Gasteiger partial charge in [0.25, 0.3) is 0 Å². The second-order valence-electron chi connectivity index (χ2n) is 5.64. The molecule has 0 aliphatic heterocycles. The number of hydrogen-bond acceptors (Lipinski definition) is 4. The Hall–Kier alpha value is -2.02. The maximum atomic E-state index is 12.5. The SMILES string of the molecule is CCOc1ccc(CC(=O)N(C)Cc2c(Br)cnn2C)cc1OCC. The van der Waals surface area contributed by atoms with E-state index in [4.69, 9.17) is 9.47 Å². The number of carbonyl (C=O) groups excluding carboxylic acids is 1. The first-order chi connectivity index (χ1) is 12.0. The highest BCUT2D eigenvalue weighted by atomic mass is 79.9. The monoisotopic (exact) mass is 409 g/mol. The lowest BCUT2D eigenvalue weighted by Gasteiger charge is -2.18. The van der Waals surface area contributed by atoms with Gasteiger partial charge in [-0.05, 0) is 47.5 Å². The average molecular weight is 410 g/mol. The van der Waals surface area contributed by atoms with Crippen molar-refractivity contribution in [3.63, 3.8) is 0 Å². The Balaban J connectivity index is 2.07. The van der Waals surface area contributed by atoms with Crippen LogP contribution in [0.3, 0.4) is 0 Å². The summed E-state index contributed by atoms with van der Waals surface area (Å²) < 4.78 is 13.8. The van der Waals surface area contributed by atoms with Gasteiger partial charge in [-0.15, -0.1) is 0 Å². The number of aromatic nitrogens is 2. The van der Waals surface area contributed by atoms with Gasteiger partial charge in [-0.25, -0.2) is 0 Å². The highest BCUT2D eigenvalue weighted by Gasteiger charge is 2.15. The Morgan fingerprint density at radius 1 is 1.24 bits per heavy atom. The van der Waals surface area contributed by atoms with Crippen molar-refractivity contribution in [2.45, 2.75) is 26.8 Å². The van der Waals surface area contributed by atoms with Crippen LogP contribution in [0.5, 0.6) is 11.5 Å². The Morgan fingerprint density at radius 3 is 2.52 bits per heavy atom. The number of likely N-dealkylation sites (N-methyl/N-ethyl adjacent to an activating group) is 1. The van der Waals surface area contributed by atoms with Gasteiger partial charge < -0.3 is 14.4 Å². The van der Waals surface area contributed by atoms with Gasteiger partial charge in [-0.1, -0.05) is 6.07 Å². The van der Waals surface area contributed by atoms with Gasteiger partial charge in [-0.2, -0.15) is 5.10 Å². The number of ether oxygens (including phenoxy) is 2. The van der Waals surface area contributed by atoms with Gasteiger partial charge in [-0.3, -0.25) is 9.48 Å². The van der Waals surface area contributed by atoms with E-state index in [2.05, 4.69) is 21.0 Å². The summed E-state index contributed by atoms with van der Waals surface area (Å²) in [5.74, 6) is 1.40. The number of carbonyl (C=O) groups is 1. The van der Waals surface area contributed by atoms with Crippen LogP contribution in [-0.4, -0.2) is 40.8 Å². The molecule has 1 amide bonds. The van der Waals surface area contributed by atoms with Crippen LogP contribution in [0.2, 0.25) is 0 Å². The van der Waals surface area contributed by atoms with Crippen molar-refractivity contribution in [2.75, 3.05) is 20.3 Å². The van der Waals surface area contributed by atoms with Crippen molar-refractivity contribution < 1.29 is 14.3 Å². The van der Waals surface area contributed by atoms with E-state index in [1.165, 1.54) is 0 Å². The second kappa shape index (κ2) is 8.89. The third kappa shape index (κ3) is 4.98. The molecule has 1 heterocycles. The molecule has 0 radical (unpaired) electrons. The van der Waals surface area contributed by atoms with Crippen molar-refractivity contribution in [2.24, 2.45) is 7.05 Å². The summed E-state index contributed by atoms with van der Waals surface area (Å²) in [6.45, 7) is 5.46. The van der Waals surface area contributed by atoms with E-state index in [0.29, 0.717) is 37.7 Å². The number of benzene rings is 1. The van der Waals surface area contributed by atoms with Crippen LogP contribution in [0, 0.1) is 0 Å². The van der Waals surface area contributed by atoms with Crippen molar-refractivity contribution >= 4 is 21.8 Å². The maximum Gasteiger partial charge on any atom is 0.227 e. The smallest absolute Gasteiger partial charge is 0.227 e. The first-order valence-corrected chi connectivity index (χ1v) is 9.04. The third-order valence-electron chi connectivity index (χ3n) is 3.79. The van der Waals surface area contributed by atoms with E-state index in [1.54, 1.807) is 22.8 Å². The number of hydrogen-bond donors (Lipinski definition) is 0. The van der Waals surface area contributed by atoms with E-state index < -0.39 is 0 Å². The van der Waals surface area contributed by atoms with Crippen LogP contribution in [0.4, 0.5) is 0 Å². The molecule has 1 aromatic carbocycles. The van der Waals surface area contributed by atoms with Crippen molar-refractivity contribution in [1.82, 2.24) is 14.7 Å². The Morgan fingerprint density at radius 2 is 1.92 bits per heavy atom. The van der Waals surface area contributed by atoms with Crippen LogP contribution >= 0.6 is 15.9 Å². The fraction of sp³-hybridized carbons (Fsp3) is 0.444. The molecule has 0 saturated carbocycles. The summed E-state index contributed by atoms with van der Waals surface area (Å²) in [5.41, 5.74) is 1.85. The van der Waals surface area contributed by atoms with Crippen molar-refractivity contribution in [1.29, 1.82) is 0 Å². The molecule has 7 heteroatoms. The third-order valence-corrected chi connectivity index (χ3v) is 4.45. The zero-order chi connectivity index (χ0) is 18.4. The number of aryl methyl sites for hydroxylation is 1. The fourth-order valence-corrected chi connectivity index (χ4v) is 2.92. The van der Waals surface area contributed by atoms with E-state index in [1.807, 2.05) is 39.1 Å². The molecule has 136 valence electrons. The summed E-state index contributed by atoms with van der Waals surface area (Å²) >= 11 is 3.46. The van der Waals surface area contributed by atoms with Gasteiger partial charge in [0.05, 0.1) is 42.5 Å². The van der Waals surface area contributed by atoms with Crippen LogP contribution in [0.25, 0.3) is 0 Å². The van der Waals surface area contributed by atoms with Gasteiger partial charge in [0.15, 0.2) is 11.5 Å². The maximum absolute atomic E-state index is 12.5. The van der Waals surface area contributed by atoms with Gasteiger partial charge in [0.2, 0.25) is 5.91 Å². The Bertz CT molecular complexity index is 711. The molecular weight excluding hydrogens is 386 g/mol. The lowest BCUT2D eigenvalue weighted by Crippen LogP contribution is -2.28. The zero-order valence-corrected chi connectivity index (χ0v) is 16.7. The molecule has 1 aromatic heterocycles. The lowest BCUT2D eigenvalue weighted by molar-refractivity contribution is -0.129. The van der Waals surface area contributed by atoms with E-state index >= 15 is 0 Å². The predicted octanol–water partition coefficient (Wildman–Crippen LogP) is 3.18. The number of nitrogens with zero attached hydrogens (tertiary/aromatic N) is 3. The zero-order valence-electron chi connectivity index (χ0n) is 15.1. The molecule has 0 bridgehead atoms. The van der Waals surface area contributed by atoms with Gasteiger partial charge in [0.1, 0.15) is 0 Å². The van der Waals surface area contributed by atoms with E-state index in [9.17, 15) is 4.79 Å². The Kier molecular flexibility index (Phi) is 6.87. The largest absolute Gasteiger partial charge is 0.490 e. The Labute approximate surface area is 156 Å². The molecule has 6 nitrogen and oxygen atoms in total. The van der Waals surface area contributed by atoms with Crippen LogP contribution < -0.4 is 9.47 Å². The minimum Gasteiger partial charge on any atom is -0.490 e. The highest BCUT2D eigenvalue weighted by Crippen LogP contribution is 2.29. The molecule has 0 N–H and O–H groups in total. The van der Waals surface area contributed by atoms with Crippen molar-refractivity contribution in [3.8, 4) is 11.5 Å². The summed E-state index contributed by atoms with van der Waals surface area (Å²) in [6.07, 6.45) is 2.03. The molecular formula is C18H24BrN3O3. The predicted molar refractivity (Wildman–Crippen MR) is 99.9 cm³/mol. The fourth-order valence-electron chi connectivity index (χ4n) is 2.44. The first-order valence-electron chi connectivity index (χ1n) is 8.25. The molecule has 25 heavy (non-hydrogen) atoms. The molecule has 2 rings (SSSR count). The molecule has 0 saturated heterocycles. The van der Waals surface area contributed by atoms with E-state index in [-0.39, 0.29) is 5.91 Å². The molecule has 0 atom stereocenters. The summed E-state index contributed by atoms with van der Waals surface area (Å²) in [7, 11) is 3.65. The van der Waals surface area contributed by atoms with Crippen LogP contribution in [-0.2, 0) is 24.8 Å². The van der Waals surface area contributed by atoms with Gasteiger partial charge in [0, 0.05) is 14.1 Å². The quantitative estimate of drug-likeness (QED) is 0.671. The summed E-state index contributed by atoms with van der Waals surface area (Å²) in [5, 5.41) is 4.17. The average Bonchev–Trinajstić information content (AvgIpc) is 2.89. The topological polar surface area (TPSA) is 56.6 Å². The molecule has 0 aliphatic carbocycles. The molecule has 0 spiro atoms. The first kappa shape index (κ1) is 19.3. The summed E-state index contributed by atoms with van der Waals surface area (Å²) in [6, 6.07) is 5.63. The van der Waals surface area contributed by atoms with Crippen LogP contribution in [0.15, 0.2) is 28.9 Å². The molecule has 0 fully saturated rings. The standard InChI is InChI=1S/C18H24BrN3O3/c1-5-24-16-8-7-13(9-17(16)25-6-2)10-18(23)21(3)12-15-14(19)11-20-22(15)4/h7-9,11H,5-6,10,12H2,1-4H3. The lowest BCUT2D eigenvalue weighted by atomic mass is 10.1. The van der Waals surface area contributed by atoms with Crippen molar-refractivity contribution in [3.05, 3.63) is 40.1 Å². The number of halogens is 1. The molecule has 0 aliphatic rings. The minimum atomic E-state index is 0.0275. The molecule has 2 aromatic rings.